The molecule has 0 aliphatic carbocycles. The van der Waals surface area contributed by atoms with Crippen LogP contribution in [0.25, 0.3) is 72.4 Å². The second kappa shape index (κ2) is 9.55. The zero-order valence-electron chi connectivity index (χ0n) is 23.7. The van der Waals surface area contributed by atoms with Gasteiger partial charge < -0.3 is 0 Å². The minimum absolute atomic E-state index is 0.0168. The van der Waals surface area contributed by atoms with Crippen molar-refractivity contribution in [1.82, 2.24) is 28.5 Å². The molecule has 0 atom stereocenters. The van der Waals surface area contributed by atoms with Crippen molar-refractivity contribution in [2.24, 2.45) is 0 Å². The summed E-state index contributed by atoms with van der Waals surface area (Å²) in [7, 11) is 0. The number of hydrogen-bond acceptors (Lipinski definition) is 5. The highest BCUT2D eigenvalue weighted by Gasteiger charge is 2.25. The van der Waals surface area contributed by atoms with Crippen molar-refractivity contribution in [2.75, 3.05) is 0 Å². The Bertz CT molecular complexity index is 2750. The third-order valence-corrected chi connectivity index (χ3v) is 8.28. The highest BCUT2D eigenvalue weighted by molar-refractivity contribution is 6.07. The topological polar surface area (TPSA) is 87.1 Å². The molecular formula is C37H22N6O2. The molecule has 8 heteroatoms. The molecule has 5 aromatic carbocycles. The fraction of sp³-hybridized carbons (Fsp3) is 0. The lowest BCUT2D eigenvalue weighted by Gasteiger charge is -2.15. The van der Waals surface area contributed by atoms with E-state index in [9.17, 15) is 9.59 Å². The molecule has 0 unspecified atom stereocenters. The number of nitrogens with zero attached hydrogens (tertiary/aromatic N) is 6. The van der Waals surface area contributed by atoms with Gasteiger partial charge in [0.1, 0.15) is 5.52 Å². The van der Waals surface area contributed by atoms with E-state index in [4.69, 9.17) is 15.0 Å². The molecule has 0 N–H and O–H groups in total. The maximum Gasteiger partial charge on any atom is 0.299 e. The Labute approximate surface area is 254 Å². The second-order valence-corrected chi connectivity index (χ2v) is 10.8. The van der Waals surface area contributed by atoms with Crippen molar-refractivity contribution in [3.05, 3.63) is 154 Å². The molecule has 0 saturated carbocycles. The predicted octanol–water partition coefficient (Wildman–Crippen LogP) is 6.71. The summed E-state index contributed by atoms with van der Waals surface area (Å²) < 4.78 is 4.96. The van der Waals surface area contributed by atoms with Gasteiger partial charge >= 0.3 is 0 Å². The van der Waals surface area contributed by atoms with E-state index in [2.05, 4.69) is 0 Å². The molecule has 0 aliphatic heterocycles. The molecule has 9 rings (SSSR count). The third-order valence-electron chi connectivity index (χ3n) is 8.28. The molecule has 8 nitrogen and oxygen atoms in total. The van der Waals surface area contributed by atoms with Crippen LogP contribution in [0, 0.1) is 0 Å². The minimum atomic E-state index is -0.399. The molecule has 0 aliphatic rings. The summed E-state index contributed by atoms with van der Waals surface area (Å²) in [6.45, 7) is 0. The lowest BCUT2D eigenvalue weighted by Crippen LogP contribution is -2.29. The van der Waals surface area contributed by atoms with Gasteiger partial charge in [-0.05, 0) is 36.4 Å². The molecule has 45 heavy (non-hydrogen) atoms. The highest BCUT2D eigenvalue weighted by Crippen LogP contribution is 2.34. The summed E-state index contributed by atoms with van der Waals surface area (Å²) in [6, 6.07) is 42.2. The van der Waals surface area contributed by atoms with Crippen molar-refractivity contribution >= 4 is 49.5 Å². The molecule has 212 valence electrons. The predicted molar refractivity (Wildman–Crippen MR) is 177 cm³/mol. The van der Waals surface area contributed by atoms with Crippen LogP contribution in [0.3, 0.4) is 0 Å². The van der Waals surface area contributed by atoms with Crippen LogP contribution in [0.15, 0.2) is 143 Å². The van der Waals surface area contributed by atoms with Gasteiger partial charge in [-0.25, -0.2) is 19.4 Å². The smallest absolute Gasteiger partial charge is 0.270 e. The molecule has 0 fully saturated rings. The van der Waals surface area contributed by atoms with Gasteiger partial charge in [0.05, 0.1) is 27.6 Å². The quantitative estimate of drug-likeness (QED) is 0.216. The average molecular weight is 583 g/mol. The summed E-state index contributed by atoms with van der Waals surface area (Å²) in [6.07, 6.45) is 0. The van der Waals surface area contributed by atoms with E-state index in [1.165, 1.54) is 4.40 Å². The van der Waals surface area contributed by atoms with E-state index in [0.717, 1.165) is 33.1 Å². The van der Waals surface area contributed by atoms with Crippen molar-refractivity contribution in [2.45, 2.75) is 0 Å². The Balaban J connectivity index is 1.56. The van der Waals surface area contributed by atoms with Gasteiger partial charge in [0, 0.05) is 22.0 Å². The number of para-hydroxylation sites is 4. The van der Waals surface area contributed by atoms with Crippen molar-refractivity contribution in [3.8, 4) is 22.9 Å². The fourth-order valence-corrected chi connectivity index (χ4v) is 6.32. The molecule has 4 heterocycles. The van der Waals surface area contributed by atoms with Crippen LogP contribution < -0.4 is 11.1 Å². The first-order valence-corrected chi connectivity index (χ1v) is 14.6. The normalized spacial score (nSPS) is 11.7. The third kappa shape index (κ3) is 3.63. The number of fused-ring (bicyclic) bond motifs is 7. The second-order valence-electron chi connectivity index (χ2n) is 10.8. The monoisotopic (exact) mass is 582 g/mol. The van der Waals surface area contributed by atoms with E-state index in [1.807, 2.05) is 120 Å². The first-order valence-electron chi connectivity index (χ1n) is 14.6. The number of hydrogen-bond donors (Lipinski definition) is 0. The highest BCUT2D eigenvalue weighted by atomic mass is 16.1. The molecule has 0 spiro atoms. The van der Waals surface area contributed by atoms with Gasteiger partial charge in [0.15, 0.2) is 5.65 Å². The first kappa shape index (κ1) is 25.1. The number of benzene rings is 5. The Hall–Kier alpha value is -6.41. The Morgan fingerprint density at radius 2 is 1.09 bits per heavy atom. The maximum atomic E-state index is 14.4. The lowest BCUT2D eigenvalue weighted by atomic mass is 10.1. The summed E-state index contributed by atoms with van der Waals surface area (Å²) in [5, 5.41) is 2.09. The van der Waals surface area contributed by atoms with Crippen molar-refractivity contribution < 1.29 is 0 Å². The average Bonchev–Trinajstić information content (AvgIpc) is 3.43. The van der Waals surface area contributed by atoms with E-state index in [0.29, 0.717) is 33.7 Å². The Morgan fingerprint density at radius 3 is 1.84 bits per heavy atom. The molecular weight excluding hydrogens is 560 g/mol. The van der Waals surface area contributed by atoms with Crippen LogP contribution >= 0.6 is 0 Å². The van der Waals surface area contributed by atoms with Crippen LogP contribution in [0.1, 0.15) is 0 Å². The Morgan fingerprint density at radius 1 is 0.489 bits per heavy atom. The lowest BCUT2D eigenvalue weighted by molar-refractivity contribution is 0.936. The molecule has 4 aromatic heterocycles. The summed E-state index contributed by atoms with van der Waals surface area (Å²) >= 11 is 0. The van der Waals surface area contributed by atoms with Gasteiger partial charge in [-0.1, -0.05) is 97.1 Å². The zero-order valence-corrected chi connectivity index (χ0v) is 23.7. The Kier molecular flexibility index (Phi) is 5.33. The van der Waals surface area contributed by atoms with Crippen molar-refractivity contribution in [3.63, 3.8) is 0 Å². The minimum Gasteiger partial charge on any atom is -0.270 e. The zero-order chi connectivity index (χ0) is 30.1. The van der Waals surface area contributed by atoms with Gasteiger partial charge in [-0.15, -0.1) is 0 Å². The molecule has 9 aromatic rings. The van der Waals surface area contributed by atoms with Gasteiger partial charge in [0.2, 0.25) is 11.6 Å². The van der Waals surface area contributed by atoms with E-state index < -0.39 is 5.56 Å². The summed E-state index contributed by atoms with van der Waals surface area (Å²) in [5.74, 6) is 0.373. The largest absolute Gasteiger partial charge is 0.299 e. The first-order chi connectivity index (χ1) is 22.2. The van der Waals surface area contributed by atoms with Crippen LogP contribution in [0.4, 0.5) is 0 Å². The van der Waals surface area contributed by atoms with Gasteiger partial charge in [-0.3, -0.25) is 18.7 Å². The number of aromatic nitrogens is 6. The van der Waals surface area contributed by atoms with E-state index >= 15 is 0 Å². The fourth-order valence-electron chi connectivity index (χ4n) is 6.32. The van der Waals surface area contributed by atoms with Crippen LogP contribution in [0.2, 0.25) is 0 Å². The van der Waals surface area contributed by atoms with E-state index in [-0.39, 0.29) is 11.2 Å². The van der Waals surface area contributed by atoms with Crippen LogP contribution in [-0.4, -0.2) is 28.5 Å². The van der Waals surface area contributed by atoms with Gasteiger partial charge in [0.25, 0.3) is 11.1 Å². The van der Waals surface area contributed by atoms with Crippen LogP contribution in [-0.2, 0) is 0 Å². The summed E-state index contributed by atoms with van der Waals surface area (Å²) in [4.78, 5) is 43.8. The maximum absolute atomic E-state index is 14.4. The SMILES string of the molecule is O=c1c2nc3ccccc3c(=O)n2c2c(c3ccccc3n2-c2nc(-c3ccccc3)c3ccccc3n2)n1-c1ccccc1. The number of rotatable bonds is 3. The van der Waals surface area contributed by atoms with Crippen molar-refractivity contribution in [1.29, 1.82) is 0 Å². The standard InChI is InChI=1S/C37H22N6O2/c44-35-26-18-8-11-21-29(26)38-33-36(45)41(24-15-5-2-6-16-24)32-27-19-9-12-22-30(27)42(34(32)43(33)35)37-39-28-20-10-7-17-25(28)31(40-37)23-13-3-1-4-14-23/h1-22H. The summed E-state index contributed by atoms with van der Waals surface area (Å²) in [5.41, 5.74) is 4.60. The van der Waals surface area contributed by atoms with E-state index in [1.54, 1.807) is 22.8 Å². The van der Waals surface area contributed by atoms with Crippen LogP contribution in [0.5, 0.6) is 0 Å². The molecule has 0 saturated heterocycles. The molecule has 0 amide bonds. The molecule has 0 radical (unpaired) electrons. The van der Waals surface area contributed by atoms with Gasteiger partial charge in [-0.2, -0.15) is 0 Å². The molecule has 0 bridgehead atoms.